The number of nitrogens with one attached hydrogen (secondary N) is 1. The summed E-state index contributed by atoms with van der Waals surface area (Å²) in [6.45, 7) is 0. The van der Waals surface area contributed by atoms with Gasteiger partial charge in [0.2, 0.25) is 0 Å². The highest BCUT2D eigenvalue weighted by Gasteiger charge is 2.11. The van der Waals surface area contributed by atoms with Crippen LogP contribution in [0.4, 0.5) is 0 Å². The molecule has 0 amide bonds. The first-order chi connectivity index (χ1) is 10.3. The molecule has 0 aliphatic carbocycles. The summed E-state index contributed by atoms with van der Waals surface area (Å²) < 4.78 is 1.17. The van der Waals surface area contributed by atoms with Crippen LogP contribution < -0.4 is 0 Å². The van der Waals surface area contributed by atoms with Gasteiger partial charge in [0.25, 0.3) is 0 Å². The quantitative estimate of drug-likeness (QED) is 0.565. The number of aromatic amines is 1. The van der Waals surface area contributed by atoms with E-state index in [1.54, 1.807) is 17.7 Å². The number of fused-ring (bicyclic) bond motifs is 1. The molecule has 0 aliphatic heterocycles. The van der Waals surface area contributed by atoms with Crippen LogP contribution in [-0.4, -0.2) is 15.0 Å². The zero-order valence-electron chi connectivity index (χ0n) is 10.9. The summed E-state index contributed by atoms with van der Waals surface area (Å²) in [5.74, 6) is 0. The van der Waals surface area contributed by atoms with Crippen molar-refractivity contribution in [2.75, 3.05) is 0 Å². The average molecular weight is 312 g/mol. The highest BCUT2D eigenvalue weighted by atomic mass is 35.5. The number of thiazole rings is 1. The van der Waals surface area contributed by atoms with Gasteiger partial charge >= 0.3 is 0 Å². The molecule has 1 N–H and O–H groups in total. The molecule has 0 spiro atoms. The topological polar surface area (TPSA) is 41.6 Å². The Morgan fingerprint density at radius 1 is 1.00 bits per heavy atom. The molecule has 0 fully saturated rings. The Morgan fingerprint density at radius 2 is 1.95 bits per heavy atom. The molecule has 21 heavy (non-hydrogen) atoms. The standard InChI is InChI=1S/C16H10ClN3S/c17-12-3-1-2-10(6-12)15-16(19-8-18-15)11-4-5-13-14(7-11)21-9-20-13/h1-9H,(H,18,19). The van der Waals surface area contributed by atoms with Gasteiger partial charge in [0.05, 0.1) is 33.4 Å². The fourth-order valence-corrected chi connectivity index (χ4v) is 3.29. The van der Waals surface area contributed by atoms with Gasteiger partial charge in [0.1, 0.15) is 0 Å². The predicted molar refractivity (Wildman–Crippen MR) is 87.6 cm³/mol. The number of rotatable bonds is 2. The maximum Gasteiger partial charge on any atom is 0.0961 e. The molecule has 2 heterocycles. The summed E-state index contributed by atoms with van der Waals surface area (Å²) >= 11 is 7.72. The molecule has 2 aromatic heterocycles. The molecule has 0 atom stereocenters. The predicted octanol–water partition coefficient (Wildman–Crippen LogP) is 5.01. The Bertz CT molecular complexity index is 926. The van der Waals surface area contributed by atoms with E-state index in [2.05, 4.69) is 27.1 Å². The monoisotopic (exact) mass is 311 g/mol. The number of H-pyrrole nitrogens is 1. The summed E-state index contributed by atoms with van der Waals surface area (Å²) in [5.41, 5.74) is 6.88. The minimum atomic E-state index is 0.708. The fraction of sp³-hybridized carbons (Fsp3) is 0. The van der Waals surface area contributed by atoms with E-state index < -0.39 is 0 Å². The molecule has 4 aromatic rings. The Hall–Kier alpha value is -2.17. The number of aromatic nitrogens is 3. The summed E-state index contributed by atoms with van der Waals surface area (Å²) in [7, 11) is 0. The van der Waals surface area contributed by atoms with Crippen molar-refractivity contribution >= 4 is 33.2 Å². The summed E-state index contributed by atoms with van der Waals surface area (Å²) in [6.07, 6.45) is 1.71. The second-order valence-corrected chi connectivity index (χ2v) is 5.99. The van der Waals surface area contributed by atoms with Crippen LogP contribution in [0.3, 0.4) is 0 Å². The van der Waals surface area contributed by atoms with Crippen molar-refractivity contribution in [2.24, 2.45) is 0 Å². The van der Waals surface area contributed by atoms with Gasteiger partial charge in [-0.05, 0) is 24.3 Å². The van der Waals surface area contributed by atoms with E-state index in [9.17, 15) is 0 Å². The molecule has 0 aliphatic rings. The first-order valence-electron chi connectivity index (χ1n) is 6.44. The van der Waals surface area contributed by atoms with Crippen molar-refractivity contribution in [3.63, 3.8) is 0 Å². The lowest BCUT2D eigenvalue weighted by atomic mass is 10.1. The molecule has 5 heteroatoms. The zero-order valence-corrected chi connectivity index (χ0v) is 12.4. The van der Waals surface area contributed by atoms with Crippen LogP contribution in [0.1, 0.15) is 0 Å². The number of hydrogen-bond donors (Lipinski definition) is 1. The molecule has 0 saturated heterocycles. The fourth-order valence-electron chi connectivity index (χ4n) is 2.38. The molecule has 0 bridgehead atoms. The summed E-state index contributed by atoms with van der Waals surface area (Å²) in [6, 6.07) is 14.0. The van der Waals surface area contributed by atoms with Crippen molar-refractivity contribution in [3.8, 4) is 22.5 Å². The smallest absolute Gasteiger partial charge is 0.0961 e. The van der Waals surface area contributed by atoms with E-state index in [4.69, 9.17) is 11.6 Å². The Labute approximate surface area is 130 Å². The third kappa shape index (κ3) is 2.22. The molecule has 3 nitrogen and oxygen atoms in total. The van der Waals surface area contributed by atoms with Crippen LogP contribution in [0.15, 0.2) is 54.3 Å². The Morgan fingerprint density at radius 3 is 2.86 bits per heavy atom. The van der Waals surface area contributed by atoms with E-state index in [1.807, 2.05) is 35.8 Å². The van der Waals surface area contributed by atoms with Crippen LogP contribution in [0.5, 0.6) is 0 Å². The highest BCUT2D eigenvalue weighted by Crippen LogP contribution is 2.32. The minimum Gasteiger partial charge on any atom is -0.344 e. The van der Waals surface area contributed by atoms with E-state index in [0.717, 1.165) is 28.0 Å². The van der Waals surface area contributed by atoms with E-state index in [-0.39, 0.29) is 0 Å². The number of imidazole rings is 1. The van der Waals surface area contributed by atoms with Crippen molar-refractivity contribution < 1.29 is 0 Å². The van der Waals surface area contributed by atoms with Gasteiger partial charge in [-0.25, -0.2) is 9.97 Å². The van der Waals surface area contributed by atoms with Gasteiger partial charge in [-0.1, -0.05) is 29.8 Å². The van der Waals surface area contributed by atoms with Crippen molar-refractivity contribution in [1.29, 1.82) is 0 Å². The first-order valence-corrected chi connectivity index (χ1v) is 7.70. The lowest BCUT2D eigenvalue weighted by Crippen LogP contribution is -1.84. The van der Waals surface area contributed by atoms with E-state index in [0.29, 0.717) is 5.02 Å². The zero-order chi connectivity index (χ0) is 14.2. The van der Waals surface area contributed by atoms with E-state index in [1.165, 1.54) is 4.70 Å². The van der Waals surface area contributed by atoms with Crippen LogP contribution >= 0.6 is 22.9 Å². The average Bonchev–Trinajstić information content (AvgIpc) is 3.15. The van der Waals surface area contributed by atoms with Crippen LogP contribution in [0.2, 0.25) is 5.02 Å². The van der Waals surface area contributed by atoms with Crippen LogP contribution in [-0.2, 0) is 0 Å². The van der Waals surface area contributed by atoms with Gasteiger partial charge in [-0.3, -0.25) is 0 Å². The van der Waals surface area contributed by atoms with E-state index >= 15 is 0 Å². The van der Waals surface area contributed by atoms with Gasteiger partial charge < -0.3 is 4.98 Å². The molecule has 0 unspecified atom stereocenters. The second-order valence-electron chi connectivity index (χ2n) is 4.67. The first kappa shape index (κ1) is 12.6. The highest BCUT2D eigenvalue weighted by molar-refractivity contribution is 7.16. The largest absolute Gasteiger partial charge is 0.344 e. The van der Waals surface area contributed by atoms with Gasteiger partial charge in [0, 0.05) is 16.1 Å². The third-order valence-corrected chi connectivity index (χ3v) is 4.38. The summed E-state index contributed by atoms with van der Waals surface area (Å²) in [5, 5.41) is 0.708. The van der Waals surface area contributed by atoms with Crippen molar-refractivity contribution in [2.45, 2.75) is 0 Å². The van der Waals surface area contributed by atoms with Crippen LogP contribution in [0.25, 0.3) is 32.7 Å². The van der Waals surface area contributed by atoms with Crippen molar-refractivity contribution in [3.05, 3.63) is 59.3 Å². The maximum absolute atomic E-state index is 6.08. The van der Waals surface area contributed by atoms with Crippen LogP contribution in [0, 0.1) is 0 Å². The van der Waals surface area contributed by atoms with Gasteiger partial charge in [-0.2, -0.15) is 0 Å². The molecule has 0 saturated carbocycles. The molecular formula is C16H10ClN3S. The molecule has 102 valence electrons. The molecule has 0 radical (unpaired) electrons. The number of nitrogens with zero attached hydrogens (tertiary/aromatic N) is 2. The second kappa shape index (κ2) is 4.98. The number of halogens is 1. The Balaban J connectivity index is 1.88. The van der Waals surface area contributed by atoms with Gasteiger partial charge in [0.15, 0.2) is 0 Å². The Kier molecular flexibility index (Phi) is 2.98. The lowest BCUT2D eigenvalue weighted by molar-refractivity contribution is 1.31. The lowest BCUT2D eigenvalue weighted by Gasteiger charge is -2.04. The molecular weight excluding hydrogens is 302 g/mol. The number of benzene rings is 2. The molecule has 2 aromatic carbocycles. The number of hydrogen-bond acceptors (Lipinski definition) is 3. The normalized spacial score (nSPS) is 11.1. The van der Waals surface area contributed by atoms with Gasteiger partial charge in [-0.15, -0.1) is 11.3 Å². The third-order valence-electron chi connectivity index (χ3n) is 3.36. The summed E-state index contributed by atoms with van der Waals surface area (Å²) in [4.78, 5) is 12.0. The minimum absolute atomic E-state index is 0.708. The maximum atomic E-state index is 6.08. The molecule has 4 rings (SSSR count). The SMILES string of the molecule is Clc1cccc(-c2nc[nH]c2-c2ccc3ncsc3c2)c1. The van der Waals surface area contributed by atoms with Crippen molar-refractivity contribution in [1.82, 2.24) is 15.0 Å².